The largest absolute Gasteiger partial charge is 0.445 e. The number of alkyl carbamates (subject to hydrolysis) is 1. The lowest BCUT2D eigenvalue weighted by Crippen LogP contribution is -2.42. The molecule has 148 valence electrons. The highest BCUT2D eigenvalue weighted by Crippen LogP contribution is 2.38. The molecule has 1 aromatic carbocycles. The number of hydrogen-bond donors (Lipinski definition) is 1. The molecule has 1 aromatic rings. The Bertz CT molecular complexity index is 664. The van der Waals surface area contributed by atoms with Gasteiger partial charge in [-0.05, 0) is 42.5 Å². The number of nitrogens with one attached hydrogen (secondary N) is 1. The number of benzene rings is 1. The Hall–Kier alpha value is -1.84. The zero-order valence-electron chi connectivity index (χ0n) is 17.1. The second kappa shape index (κ2) is 8.90. The Kier molecular flexibility index (Phi) is 7.07. The molecule has 1 fully saturated rings. The van der Waals surface area contributed by atoms with Gasteiger partial charge in [0.05, 0.1) is 12.0 Å². The predicted molar refractivity (Wildman–Crippen MR) is 109 cm³/mol. The normalized spacial score (nSPS) is 22.9. The van der Waals surface area contributed by atoms with E-state index in [4.69, 9.17) is 9.16 Å². The second-order valence-electron chi connectivity index (χ2n) is 8.96. The van der Waals surface area contributed by atoms with Gasteiger partial charge in [-0.3, -0.25) is 0 Å². The standard InChI is InChI=1S/C21H32N2O3Si/c1-21(2,3)27(4,5)26-15-17-11-18(13-22)19(12-17)23-20(24)25-14-16-9-7-6-8-10-16/h6-10,17-19H,11-12,14-15H2,1-5H3,(H,23,24)/t17-,18-,19+/m0/s1. The van der Waals surface area contributed by atoms with Crippen LogP contribution >= 0.6 is 0 Å². The topological polar surface area (TPSA) is 71.3 Å². The molecule has 5 nitrogen and oxygen atoms in total. The first-order valence-corrected chi connectivity index (χ1v) is 12.5. The van der Waals surface area contributed by atoms with Crippen LogP contribution in [0, 0.1) is 23.2 Å². The van der Waals surface area contributed by atoms with Gasteiger partial charge in [0, 0.05) is 12.6 Å². The van der Waals surface area contributed by atoms with Crippen molar-refractivity contribution >= 4 is 14.4 Å². The minimum atomic E-state index is -1.80. The monoisotopic (exact) mass is 388 g/mol. The van der Waals surface area contributed by atoms with Crippen LogP contribution in [0.15, 0.2) is 30.3 Å². The third kappa shape index (κ3) is 6.08. The Balaban J connectivity index is 1.83. The fourth-order valence-electron chi connectivity index (χ4n) is 3.04. The van der Waals surface area contributed by atoms with E-state index in [0.29, 0.717) is 12.5 Å². The van der Waals surface area contributed by atoms with Crippen molar-refractivity contribution in [1.29, 1.82) is 5.26 Å². The van der Waals surface area contributed by atoms with Crippen LogP contribution in [0.2, 0.25) is 18.1 Å². The molecule has 3 atom stereocenters. The Labute approximate surface area is 164 Å². The van der Waals surface area contributed by atoms with E-state index in [2.05, 4.69) is 45.3 Å². The van der Waals surface area contributed by atoms with Crippen LogP contribution in [0.5, 0.6) is 0 Å². The molecule has 1 N–H and O–H groups in total. The van der Waals surface area contributed by atoms with Crippen LogP contribution in [-0.4, -0.2) is 27.1 Å². The first-order valence-electron chi connectivity index (χ1n) is 9.63. The van der Waals surface area contributed by atoms with Gasteiger partial charge in [-0.15, -0.1) is 0 Å². The van der Waals surface area contributed by atoms with Crippen molar-refractivity contribution in [1.82, 2.24) is 5.32 Å². The van der Waals surface area contributed by atoms with Crippen molar-refractivity contribution in [3.8, 4) is 6.07 Å². The lowest BCUT2D eigenvalue weighted by Gasteiger charge is -2.37. The fourth-order valence-corrected chi connectivity index (χ4v) is 4.13. The van der Waals surface area contributed by atoms with Crippen LogP contribution in [0.1, 0.15) is 39.2 Å². The maximum Gasteiger partial charge on any atom is 0.407 e. The molecule has 0 radical (unpaired) electrons. The molecule has 1 saturated carbocycles. The van der Waals surface area contributed by atoms with Gasteiger partial charge < -0.3 is 14.5 Å². The van der Waals surface area contributed by atoms with Crippen LogP contribution in [-0.2, 0) is 15.8 Å². The molecular formula is C21H32N2O3Si. The van der Waals surface area contributed by atoms with E-state index < -0.39 is 14.4 Å². The predicted octanol–water partition coefficient (Wildman–Crippen LogP) is 4.85. The number of carbonyl (C=O) groups is 1. The highest BCUT2D eigenvalue weighted by molar-refractivity contribution is 6.74. The molecule has 0 heterocycles. The van der Waals surface area contributed by atoms with Gasteiger partial charge in [-0.25, -0.2) is 4.79 Å². The van der Waals surface area contributed by atoms with Crippen LogP contribution < -0.4 is 5.32 Å². The minimum Gasteiger partial charge on any atom is -0.445 e. The SMILES string of the molecule is CC(C)(C)[Si](C)(C)OC[C@H]1C[C@@H](C#N)[C@H](NC(=O)OCc2ccccc2)C1. The fraction of sp³-hybridized carbons (Fsp3) is 0.619. The molecule has 0 unspecified atom stereocenters. The summed E-state index contributed by atoms with van der Waals surface area (Å²) < 4.78 is 11.6. The number of amides is 1. The maximum atomic E-state index is 12.1. The third-order valence-electron chi connectivity index (χ3n) is 5.83. The van der Waals surface area contributed by atoms with Gasteiger partial charge in [-0.1, -0.05) is 51.1 Å². The van der Waals surface area contributed by atoms with Crippen molar-refractivity contribution in [2.75, 3.05) is 6.61 Å². The third-order valence-corrected chi connectivity index (χ3v) is 10.3. The Morgan fingerprint density at radius 2 is 1.93 bits per heavy atom. The van der Waals surface area contributed by atoms with Crippen molar-refractivity contribution in [2.24, 2.45) is 11.8 Å². The van der Waals surface area contributed by atoms with E-state index in [0.717, 1.165) is 18.4 Å². The molecule has 1 amide bonds. The van der Waals surface area contributed by atoms with Crippen molar-refractivity contribution < 1.29 is 14.0 Å². The summed E-state index contributed by atoms with van der Waals surface area (Å²) in [6, 6.07) is 11.7. The van der Waals surface area contributed by atoms with Crippen LogP contribution in [0.25, 0.3) is 0 Å². The zero-order chi connectivity index (χ0) is 20.1. The summed E-state index contributed by atoms with van der Waals surface area (Å²) in [6.45, 7) is 12.0. The number of nitriles is 1. The number of carbonyl (C=O) groups excluding carboxylic acids is 1. The molecule has 6 heteroatoms. The molecule has 0 saturated heterocycles. The lowest BCUT2D eigenvalue weighted by atomic mass is 10.1. The summed E-state index contributed by atoms with van der Waals surface area (Å²) >= 11 is 0. The van der Waals surface area contributed by atoms with Gasteiger partial charge in [0.1, 0.15) is 6.61 Å². The average Bonchev–Trinajstić information content (AvgIpc) is 3.00. The molecule has 0 bridgehead atoms. The summed E-state index contributed by atoms with van der Waals surface area (Å²) in [5.74, 6) is 0.102. The molecule has 2 rings (SSSR count). The zero-order valence-corrected chi connectivity index (χ0v) is 18.1. The van der Waals surface area contributed by atoms with Crippen molar-refractivity contribution in [2.45, 2.75) is 64.4 Å². The molecule has 0 aromatic heterocycles. The highest BCUT2D eigenvalue weighted by Gasteiger charge is 2.40. The number of rotatable bonds is 6. The van der Waals surface area contributed by atoms with E-state index in [-0.39, 0.29) is 23.6 Å². The van der Waals surface area contributed by atoms with Crippen molar-refractivity contribution in [3.05, 3.63) is 35.9 Å². The summed E-state index contributed by atoms with van der Waals surface area (Å²) in [4.78, 5) is 12.1. The summed E-state index contributed by atoms with van der Waals surface area (Å²) in [5.41, 5.74) is 0.941. The average molecular weight is 389 g/mol. The van der Waals surface area contributed by atoms with Gasteiger partial charge in [-0.2, -0.15) is 5.26 Å². The van der Waals surface area contributed by atoms with Gasteiger partial charge in [0.25, 0.3) is 0 Å². The van der Waals surface area contributed by atoms with E-state index in [1.807, 2.05) is 30.3 Å². The smallest absolute Gasteiger partial charge is 0.407 e. The van der Waals surface area contributed by atoms with Crippen LogP contribution in [0.4, 0.5) is 4.79 Å². The Morgan fingerprint density at radius 3 is 2.52 bits per heavy atom. The van der Waals surface area contributed by atoms with E-state index in [1.165, 1.54) is 0 Å². The number of ether oxygens (including phenoxy) is 1. The van der Waals surface area contributed by atoms with E-state index in [1.54, 1.807) is 0 Å². The first-order chi connectivity index (χ1) is 12.6. The lowest BCUT2D eigenvalue weighted by molar-refractivity contribution is 0.134. The number of nitrogens with zero attached hydrogens (tertiary/aromatic N) is 1. The minimum absolute atomic E-state index is 0.166. The molecule has 1 aliphatic rings. The molecule has 27 heavy (non-hydrogen) atoms. The van der Waals surface area contributed by atoms with Gasteiger partial charge in [0.2, 0.25) is 0 Å². The van der Waals surface area contributed by atoms with Gasteiger partial charge in [0.15, 0.2) is 8.32 Å². The maximum absolute atomic E-state index is 12.1. The second-order valence-corrected chi connectivity index (χ2v) is 13.8. The summed E-state index contributed by atoms with van der Waals surface area (Å²) in [5, 5.41) is 12.5. The summed E-state index contributed by atoms with van der Waals surface area (Å²) in [6.07, 6.45) is 1.05. The highest BCUT2D eigenvalue weighted by atomic mass is 28.4. The van der Waals surface area contributed by atoms with E-state index >= 15 is 0 Å². The Morgan fingerprint density at radius 1 is 1.26 bits per heavy atom. The number of hydrogen-bond acceptors (Lipinski definition) is 4. The molecular weight excluding hydrogens is 356 g/mol. The summed E-state index contributed by atoms with van der Waals surface area (Å²) in [7, 11) is -1.80. The van der Waals surface area contributed by atoms with Crippen LogP contribution in [0.3, 0.4) is 0 Å². The molecule has 0 aliphatic heterocycles. The van der Waals surface area contributed by atoms with Gasteiger partial charge >= 0.3 is 6.09 Å². The van der Waals surface area contributed by atoms with Crippen molar-refractivity contribution in [3.63, 3.8) is 0 Å². The molecule has 1 aliphatic carbocycles. The first kappa shape index (κ1) is 21.5. The van der Waals surface area contributed by atoms with E-state index in [9.17, 15) is 10.1 Å². The quantitative estimate of drug-likeness (QED) is 0.707. The molecule has 0 spiro atoms.